The van der Waals surface area contributed by atoms with E-state index in [1.165, 1.54) is 0 Å². The Bertz CT molecular complexity index is 403. The molecule has 4 nitrogen and oxygen atoms in total. The van der Waals surface area contributed by atoms with Crippen LogP contribution in [0.5, 0.6) is 5.75 Å². The minimum Gasteiger partial charge on any atom is -0.492 e. The van der Waals surface area contributed by atoms with E-state index < -0.39 is 0 Å². The van der Waals surface area contributed by atoms with Crippen molar-refractivity contribution in [2.45, 2.75) is 19.8 Å². The first-order chi connectivity index (χ1) is 9.22. The lowest BCUT2D eigenvalue weighted by Crippen LogP contribution is -2.30. The van der Waals surface area contributed by atoms with Crippen molar-refractivity contribution >= 4 is 11.4 Å². The highest BCUT2D eigenvalue weighted by atomic mass is 16.5. The molecule has 1 saturated heterocycles. The third kappa shape index (κ3) is 3.53. The van der Waals surface area contributed by atoms with Gasteiger partial charge in [0.15, 0.2) is 0 Å². The van der Waals surface area contributed by atoms with Gasteiger partial charge in [-0.05, 0) is 37.8 Å². The molecule has 106 valence electrons. The van der Waals surface area contributed by atoms with Crippen LogP contribution < -0.4 is 15.4 Å². The number of ether oxygens (including phenoxy) is 2. The van der Waals surface area contributed by atoms with Gasteiger partial charge in [0.2, 0.25) is 0 Å². The zero-order chi connectivity index (χ0) is 13.7. The van der Waals surface area contributed by atoms with Crippen LogP contribution in [0.3, 0.4) is 0 Å². The highest BCUT2D eigenvalue weighted by Gasteiger charge is 2.17. The predicted octanol–water partition coefficient (Wildman–Crippen LogP) is 2.53. The largest absolute Gasteiger partial charge is 0.492 e. The Morgan fingerprint density at radius 1 is 1.37 bits per heavy atom. The number of nitrogens with two attached hydrogens (primary N) is 1. The van der Waals surface area contributed by atoms with Crippen molar-refractivity contribution in [1.29, 1.82) is 0 Å². The molecule has 0 unspecified atom stereocenters. The molecule has 1 heterocycles. The minimum absolute atomic E-state index is 0.636. The van der Waals surface area contributed by atoms with Crippen molar-refractivity contribution in [3.63, 3.8) is 0 Å². The Morgan fingerprint density at radius 3 is 2.79 bits per heavy atom. The van der Waals surface area contributed by atoms with Gasteiger partial charge in [-0.3, -0.25) is 0 Å². The summed E-state index contributed by atoms with van der Waals surface area (Å²) in [6.45, 7) is 5.39. The van der Waals surface area contributed by atoms with Crippen LogP contribution in [0.1, 0.15) is 19.8 Å². The smallest absolute Gasteiger partial charge is 0.144 e. The van der Waals surface area contributed by atoms with Gasteiger partial charge < -0.3 is 20.1 Å². The Labute approximate surface area is 115 Å². The zero-order valence-corrected chi connectivity index (χ0v) is 11.9. The zero-order valence-electron chi connectivity index (χ0n) is 11.9. The van der Waals surface area contributed by atoms with Crippen LogP contribution in [-0.4, -0.2) is 33.4 Å². The number of anilines is 2. The van der Waals surface area contributed by atoms with Crippen LogP contribution in [0, 0.1) is 5.92 Å². The maximum absolute atomic E-state index is 6.18. The minimum atomic E-state index is 0.636. The van der Waals surface area contributed by atoms with Gasteiger partial charge in [-0.2, -0.15) is 0 Å². The van der Waals surface area contributed by atoms with E-state index in [0.29, 0.717) is 12.5 Å². The van der Waals surface area contributed by atoms with Crippen molar-refractivity contribution < 1.29 is 9.47 Å². The number of nitrogens with zero attached hydrogens (tertiary/aromatic N) is 1. The molecule has 0 saturated carbocycles. The molecule has 19 heavy (non-hydrogen) atoms. The SMILES string of the molecule is CCOc1cccc(N(C)CC2CCOCC2)c1N. The third-order valence-corrected chi connectivity index (χ3v) is 3.63. The van der Waals surface area contributed by atoms with Crippen molar-refractivity contribution in [1.82, 2.24) is 0 Å². The normalized spacial score (nSPS) is 16.3. The second-order valence-electron chi connectivity index (χ2n) is 5.06. The number of rotatable bonds is 5. The maximum atomic E-state index is 6.18. The topological polar surface area (TPSA) is 47.7 Å². The first-order valence-corrected chi connectivity index (χ1v) is 7.02. The van der Waals surface area contributed by atoms with Gasteiger partial charge in [0.1, 0.15) is 5.75 Å². The summed E-state index contributed by atoms with van der Waals surface area (Å²) in [4.78, 5) is 2.23. The van der Waals surface area contributed by atoms with E-state index in [9.17, 15) is 0 Å². The number of benzene rings is 1. The lowest BCUT2D eigenvalue weighted by atomic mass is 9.99. The van der Waals surface area contributed by atoms with Crippen molar-refractivity contribution in [3.8, 4) is 5.75 Å². The number of hydrogen-bond acceptors (Lipinski definition) is 4. The van der Waals surface area contributed by atoms with E-state index in [2.05, 4.69) is 18.0 Å². The van der Waals surface area contributed by atoms with Gasteiger partial charge in [0.05, 0.1) is 18.0 Å². The molecule has 4 heteroatoms. The van der Waals surface area contributed by atoms with Gasteiger partial charge >= 0.3 is 0 Å². The monoisotopic (exact) mass is 264 g/mol. The second-order valence-corrected chi connectivity index (χ2v) is 5.06. The molecule has 0 radical (unpaired) electrons. The van der Waals surface area contributed by atoms with E-state index in [1.54, 1.807) is 0 Å². The van der Waals surface area contributed by atoms with Crippen LogP contribution in [0.4, 0.5) is 11.4 Å². The fourth-order valence-corrected chi connectivity index (χ4v) is 2.56. The Balaban J connectivity index is 2.05. The average molecular weight is 264 g/mol. The summed E-state index contributed by atoms with van der Waals surface area (Å²) in [5, 5.41) is 0. The lowest BCUT2D eigenvalue weighted by Gasteiger charge is -2.29. The van der Waals surface area contributed by atoms with Gasteiger partial charge in [0, 0.05) is 26.8 Å². The third-order valence-electron chi connectivity index (χ3n) is 3.63. The summed E-state index contributed by atoms with van der Waals surface area (Å²) >= 11 is 0. The Morgan fingerprint density at radius 2 is 2.11 bits per heavy atom. The molecule has 0 spiro atoms. The fourth-order valence-electron chi connectivity index (χ4n) is 2.56. The van der Waals surface area contributed by atoms with Crippen LogP contribution in [0.15, 0.2) is 18.2 Å². The quantitative estimate of drug-likeness (QED) is 0.830. The summed E-state index contributed by atoms with van der Waals surface area (Å²) < 4.78 is 10.9. The molecular weight excluding hydrogens is 240 g/mol. The molecule has 1 aromatic rings. The molecular formula is C15H24N2O2. The van der Waals surface area contributed by atoms with Crippen molar-refractivity contribution in [3.05, 3.63) is 18.2 Å². The van der Waals surface area contributed by atoms with Gasteiger partial charge in [-0.25, -0.2) is 0 Å². The van der Waals surface area contributed by atoms with E-state index in [1.807, 2.05) is 19.1 Å². The van der Waals surface area contributed by atoms with E-state index in [4.69, 9.17) is 15.2 Å². The molecule has 1 fully saturated rings. The van der Waals surface area contributed by atoms with Crippen molar-refractivity contribution in [2.75, 3.05) is 44.0 Å². The summed E-state index contributed by atoms with van der Waals surface area (Å²) in [6.07, 6.45) is 2.27. The fraction of sp³-hybridized carbons (Fsp3) is 0.600. The van der Waals surface area contributed by atoms with E-state index in [-0.39, 0.29) is 0 Å². The Kier molecular flexibility index (Phi) is 4.91. The molecule has 1 aromatic carbocycles. The molecule has 0 atom stereocenters. The van der Waals surface area contributed by atoms with Gasteiger partial charge in [-0.1, -0.05) is 6.07 Å². The molecule has 0 aromatic heterocycles. The molecule has 2 N–H and O–H groups in total. The molecule has 0 amide bonds. The molecule has 0 bridgehead atoms. The summed E-state index contributed by atoms with van der Waals surface area (Å²) in [6, 6.07) is 5.97. The van der Waals surface area contributed by atoms with Crippen LogP contribution >= 0.6 is 0 Å². The van der Waals surface area contributed by atoms with Gasteiger partial charge in [0.25, 0.3) is 0 Å². The summed E-state index contributed by atoms with van der Waals surface area (Å²) in [7, 11) is 2.09. The molecule has 1 aliphatic heterocycles. The molecule has 2 rings (SSSR count). The highest BCUT2D eigenvalue weighted by Crippen LogP contribution is 2.32. The lowest BCUT2D eigenvalue weighted by molar-refractivity contribution is 0.0685. The molecule has 0 aliphatic carbocycles. The average Bonchev–Trinajstić information content (AvgIpc) is 2.42. The predicted molar refractivity (Wildman–Crippen MR) is 78.8 cm³/mol. The Hall–Kier alpha value is -1.42. The van der Waals surface area contributed by atoms with Crippen molar-refractivity contribution in [2.24, 2.45) is 5.92 Å². The second kappa shape index (κ2) is 6.66. The standard InChI is InChI=1S/C15H24N2O2/c1-3-19-14-6-4-5-13(15(14)16)17(2)11-12-7-9-18-10-8-12/h4-6,12H,3,7-11,16H2,1-2H3. The number of nitrogen functional groups attached to an aromatic ring is 1. The van der Waals surface area contributed by atoms with Crippen LogP contribution in [-0.2, 0) is 4.74 Å². The highest BCUT2D eigenvalue weighted by molar-refractivity contribution is 5.73. The molecule has 1 aliphatic rings. The van der Waals surface area contributed by atoms with Crippen LogP contribution in [0.25, 0.3) is 0 Å². The summed E-state index contributed by atoms with van der Waals surface area (Å²) in [5.41, 5.74) is 7.97. The van der Waals surface area contributed by atoms with E-state index >= 15 is 0 Å². The summed E-state index contributed by atoms with van der Waals surface area (Å²) in [5.74, 6) is 1.47. The van der Waals surface area contributed by atoms with Crippen LogP contribution in [0.2, 0.25) is 0 Å². The van der Waals surface area contributed by atoms with Gasteiger partial charge in [-0.15, -0.1) is 0 Å². The number of para-hydroxylation sites is 1. The van der Waals surface area contributed by atoms with E-state index in [0.717, 1.165) is 49.7 Å². The first-order valence-electron chi connectivity index (χ1n) is 7.02. The maximum Gasteiger partial charge on any atom is 0.144 e. The number of hydrogen-bond donors (Lipinski definition) is 1. The first kappa shape index (κ1) is 14.0.